The van der Waals surface area contributed by atoms with E-state index in [1.54, 1.807) is 43.5 Å². The SMILES string of the molecule is COc1ccccc1/C=C/C1=NC(=C2/OC(=O)c3ccccc32)/C(=O)O1. The fraction of sp³-hybridized carbons (Fsp3) is 0.0500. The standard InChI is InChI=1S/C20H13NO5/c1-24-15-9-5-2-6-12(15)10-11-16-21-17(20(23)25-16)18-13-7-3-4-8-14(13)19(22)26-18/h2-11H,1H3/b11-10+,18-17+. The van der Waals surface area contributed by atoms with Gasteiger partial charge in [-0.05, 0) is 18.2 Å². The van der Waals surface area contributed by atoms with Crippen molar-refractivity contribution in [1.29, 1.82) is 0 Å². The highest BCUT2D eigenvalue weighted by Crippen LogP contribution is 2.34. The van der Waals surface area contributed by atoms with E-state index >= 15 is 0 Å². The van der Waals surface area contributed by atoms with Gasteiger partial charge in [0.1, 0.15) is 5.75 Å². The maximum atomic E-state index is 12.2. The second-order valence-corrected chi connectivity index (χ2v) is 5.53. The molecule has 0 spiro atoms. The summed E-state index contributed by atoms with van der Waals surface area (Å²) in [5.74, 6) is -0.251. The number of nitrogens with zero attached hydrogens (tertiary/aromatic N) is 1. The zero-order chi connectivity index (χ0) is 18.1. The predicted octanol–water partition coefficient (Wildman–Crippen LogP) is 3.20. The van der Waals surface area contributed by atoms with E-state index in [4.69, 9.17) is 14.2 Å². The van der Waals surface area contributed by atoms with Crippen LogP contribution in [-0.4, -0.2) is 24.9 Å². The first-order valence-electron chi connectivity index (χ1n) is 7.85. The predicted molar refractivity (Wildman–Crippen MR) is 94.3 cm³/mol. The third kappa shape index (κ3) is 2.67. The summed E-state index contributed by atoms with van der Waals surface area (Å²) in [4.78, 5) is 28.3. The van der Waals surface area contributed by atoms with Gasteiger partial charge in [0.25, 0.3) is 0 Å². The molecule has 2 aromatic rings. The number of carbonyl (C=O) groups is 2. The van der Waals surface area contributed by atoms with Crippen molar-refractivity contribution in [1.82, 2.24) is 0 Å². The quantitative estimate of drug-likeness (QED) is 0.630. The fourth-order valence-electron chi connectivity index (χ4n) is 2.74. The summed E-state index contributed by atoms with van der Waals surface area (Å²) < 4.78 is 15.7. The molecule has 0 amide bonds. The van der Waals surface area contributed by atoms with E-state index < -0.39 is 11.9 Å². The minimum Gasteiger partial charge on any atom is -0.496 e. The van der Waals surface area contributed by atoms with Gasteiger partial charge in [0.2, 0.25) is 5.90 Å². The van der Waals surface area contributed by atoms with E-state index in [1.807, 2.05) is 24.3 Å². The number of hydrogen-bond donors (Lipinski definition) is 0. The van der Waals surface area contributed by atoms with E-state index in [9.17, 15) is 9.59 Å². The minimum absolute atomic E-state index is 0.0250. The third-order valence-electron chi connectivity index (χ3n) is 3.96. The van der Waals surface area contributed by atoms with Crippen LogP contribution < -0.4 is 4.74 Å². The Bertz CT molecular complexity index is 1020. The molecule has 6 nitrogen and oxygen atoms in total. The molecule has 0 radical (unpaired) electrons. The number of benzene rings is 2. The summed E-state index contributed by atoms with van der Waals surface area (Å²) >= 11 is 0. The third-order valence-corrected chi connectivity index (χ3v) is 3.96. The van der Waals surface area contributed by atoms with Crippen molar-refractivity contribution in [3.05, 3.63) is 77.0 Å². The van der Waals surface area contributed by atoms with Crippen molar-refractivity contribution in [2.24, 2.45) is 4.99 Å². The number of rotatable bonds is 3. The lowest BCUT2D eigenvalue weighted by atomic mass is 10.1. The Morgan fingerprint density at radius 3 is 2.42 bits per heavy atom. The molecule has 0 saturated carbocycles. The van der Waals surface area contributed by atoms with E-state index in [0.717, 1.165) is 5.56 Å². The van der Waals surface area contributed by atoms with Crippen molar-refractivity contribution in [3.8, 4) is 5.75 Å². The van der Waals surface area contributed by atoms with Crippen LogP contribution in [0.2, 0.25) is 0 Å². The Kier molecular flexibility index (Phi) is 3.85. The van der Waals surface area contributed by atoms with Crippen molar-refractivity contribution in [3.63, 3.8) is 0 Å². The van der Waals surface area contributed by atoms with Crippen LogP contribution in [0.25, 0.3) is 11.8 Å². The minimum atomic E-state index is -0.663. The smallest absolute Gasteiger partial charge is 0.367 e. The molecule has 128 valence electrons. The van der Waals surface area contributed by atoms with Crippen LogP contribution in [0, 0.1) is 0 Å². The van der Waals surface area contributed by atoms with Gasteiger partial charge in [-0.1, -0.05) is 36.4 Å². The molecule has 6 heteroatoms. The summed E-state index contributed by atoms with van der Waals surface area (Å²) in [6.07, 6.45) is 3.29. The van der Waals surface area contributed by atoms with Crippen molar-refractivity contribution in [2.75, 3.05) is 7.11 Å². The lowest BCUT2D eigenvalue weighted by molar-refractivity contribution is -0.130. The maximum absolute atomic E-state index is 12.2. The highest BCUT2D eigenvalue weighted by atomic mass is 16.6. The van der Waals surface area contributed by atoms with Gasteiger partial charge in [0, 0.05) is 17.2 Å². The zero-order valence-electron chi connectivity index (χ0n) is 13.8. The van der Waals surface area contributed by atoms with Crippen LogP contribution in [0.4, 0.5) is 0 Å². The highest BCUT2D eigenvalue weighted by Gasteiger charge is 2.34. The Morgan fingerprint density at radius 1 is 0.885 bits per heavy atom. The number of ether oxygens (including phenoxy) is 3. The second kappa shape index (κ2) is 6.33. The highest BCUT2D eigenvalue weighted by molar-refractivity contribution is 6.15. The fourth-order valence-corrected chi connectivity index (χ4v) is 2.74. The van der Waals surface area contributed by atoms with Crippen molar-refractivity contribution >= 4 is 29.7 Å². The Balaban J connectivity index is 1.69. The van der Waals surface area contributed by atoms with Gasteiger partial charge < -0.3 is 14.2 Å². The van der Waals surface area contributed by atoms with Crippen LogP contribution in [0.3, 0.4) is 0 Å². The number of aliphatic imine (C=N–C) groups is 1. The molecular formula is C20H13NO5. The average Bonchev–Trinajstić information content (AvgIpc) is 3.20. The van der Waals surface area contributed by atoms with Gasteiger partial charge in [-0.25, -0.2) is 14.6 Å². The summed E-state index contributed by atoms with van der Waals surface area (Å²) in [5, 5.41) is 0. The lowest BCUT2D eigenvalue weighted by Crippen LogP contribution is -2.03. The first-order valence-corrected chi connectivity index (χ1v) is 7.85. The summed E-state index contributed by atoms with van der Waals surface area (Å²) in [6.45, 7) is 0. The Hall–Kier alpha value is -3.67. The number of methoxy groups -OCH3 is 1. The van der Waals surface area contributed by atoms with Crippen LogP contribution in [0.5, 0.6) is 5.75 Å². The molecule has 0 atom stereocenters. The molecule has 0 unspecified atom stereocenters. The Labute approximate surface area is 149 Å². The molecular weight excluding hydrogens is 334 g/mol. The van der Waals surface area contributed by atoms with E-state index in [2.05, 4.69) is 4.99 Å². The molecule has 0 fully saturated rings. The van der Waals surface area contributed by atoms with Crippen LogP contribution >= 0.6 is 0 Å². The zero-order valence-corrected chi connectivity index (χ0v) is 13.8. The second-order valence-electron chi connectivity index (χ2n) is 5.53. The number of hydrogen-bond acceptors (Lipinski definition) is 6. The van der Waals surface area contributed by atoms with Gasteiger partial charge in [-0.15, -0.1) is 0 Å². The van der Waals surface area contributed by atoms with Gasteiger partial charge in [-0.3, -0.25) is 0 Å². The van der Waals surface area contributed by atoms with Gasteiger partial charge in [-0.2, -0.15) is 0 Å². The number of cyclic esters (lactones) is 2. The monoisotopic (exact) mass is 347 g/mol. The molecule has 0 N–H and O–H groups in total. The number of fused-ring (bicyclic) bond motifs is 1. The van der Waals surface area contributed by atoms with Crippen LogP contribution in [-0.2, 0) is 14.3 Å². The van der Waals surface area contributed by atoms with Crippen LogP contribution in [0.15, 0.2) is 65.3 Å². The number of carbonyl (C=O) groups excluding carboxylic acids is 2. The first kappa shape index (κ1) is 15.8. The molecule has 0 bridgehead atoms. The summed E-state index contributed by atoms with van der Waals surface area (Å²) in [6, 6.07) is 14.2. The largest absolute Gasteiger partial charge is 0.496 e. The van der Waals surface area contributed by atoms with E-state index in [-0.39, 0.29) is 17.4 Å². The molecule has 2 aliphatic rings. The molecule has 2 heterocycles. The molecule has 2 aliphatic heterocycles. The lowest BCUT2D eigenvalue weighted by Gasteiger charge is -2.02. The van der Waals surface area contributed by atoms with Gasteiger partial charge in [0.15, 0.2) is 11.5 Å². The normalized spacial score (nSPS) is 18.6. The van der Waals surface area contributed by atoms with Crippen molar-refractivity contribution < 1.29 is 23.8 Å². The maximum Gasteiger partial charge on any atom is 0.367 e. The molecule has 0 aromatic heterocycles. The number of para-hydroxylation sites is 1. The molecule has 26 heavy (non-hydrogen) atoms. The Morgan fingerprint density at radius 2 is 1.62 bits per heavy atom. The van der Waals surface area contributed by atoms with Crippen LogP contribution in [0.1, 0.15) is 21.5 Å². The van der Waals surface area contributed by atoms with Gasteiger partial charge >= 0.3 is 11.9 Å². The van der Waals surface area contributed by atoms with Gasteiger partial charge in [0.05, 0.1) is 12.7 Å². The van der Waals surface area contributed by atoms with E-state index in [1.165, 1.54) is 0 Å². The number of esters is 2. The molecule has 2 aromatic carbocycles. The van der Waals surface area contributed by atoms with Crippen molar-refractivity contribution in [2.45, 2.75) is 0 Å². The molecule has 0 aliphatic carbocycles. The summed E-state index contributed by atoms with van der Waals surface area (Å²) in [7, 11) is 1.58. The molecule has 0 saturated heterocycles. The summed E-state index contributed by atoms with van der Waals surface area (Å²) in [5.41, 5.74) is 1.72. The average molecular weight is 347 g/mol. The van der Waals surface area contributed by atoms with E-state index in [0.29, 0.717) is 16.9 Å². The molecule has 4 rings (SSSR count). The first-order chi connectivity index (χ1) is 12.7. The topological polar surface area (TPSA) is 74.2 Å².